The van der Waals surface area contributed by atoms with Gasteiger partial charge >= 0.3 is 5.97 Å². The number of benzene rings is 2. The van der Waals surface area contributed by atoms with E-state index in [9.17, 15) is 19.5 Å². The fourth-order valence-electron chi connectivity index (χ4n) is 3.82. The molecule has 6 nitrogen and oxygen atoms in total. The summed E-state index contributed by atoms with van der Waals surface area (Å²) in [7, 11) is 0. The van der Waals surface area contributed by atoms with Crippen molar-refractivity contribution in [1.82, 2.24) is 10.2 Å². The number of hydrogen-bond donors (Lipinski definition) is 3. The zero-order valence-electron chi connectivity index (χ0n) is 16.8. The lowest BCUT2D eigenvalue weighted by atomic mass is 10.0. The summed E-state index contributed by atoms with van der Waals surface area (Å²) in [6, 6.07) is 16.0. The molecule has 2 N–H and O–H groups in total. The predicted molar refractivity (Wildman–Crippen MR) is 117 cm³/mol. The van der Waals surface area contributed by atoms with Gasteiger partial charge < -0.3 is 15.3 Å². The molecule has 3 rings (SSSR count). The maximum atomic E-state index is 12.9. The van der Waals surface area contributed by atoms with Crippen LogP contribution in [-0.2, 0) is 20.8 Å². The smallest absolute Gasteiger partial charge is 0.326 e. The van der Waals surface area contributed by atoms with Crippen LogP contribution in [0.25, 0.3) is 0 Å². The van der Waals surface area contributed by atoms with E-state index in [1.54, 1.807) is 0 Å². The molecule has 1 heterocycles. The molecule has 158 valence electrons. The van der Waals surface area contributed by atoms with Gasteiger partial charge in [-0.15, -0.1) is 0 Å². The van der Waals surface area contributed by atoms with E-state index < -0.39 is 23.2 Å². The highest BCUT2D eigenvalue weighted by Crippen LogP contribution is 2.36. The SMILES string of the molecule is Cc1ccc(C2CCC(C(=O)O)N2C(=O)CNC(=O)[C@@H](S)Cc2ccccc2)cc1. The van der Waals surface area contributed by atoms with Gasteiger partial charge in [0.25, 0.3) is 0 Å². The summed E-state index contributed by atoms with van der Waals surface area (Å²) in [6.07, 6.45) is 1.40. The molecule has 0 aliphatic carbocycles. The van der Waals surface area contributed by atoms with Crippen LogP contribution in [0.5, 0.6) is 0 Å². The number of thiol groups is 1. The molecule has 0 spiro atoms. The third-order valence-electron chi connectivity index (χ3n) is 5.41. The molecule has 1 aliphatic heterocycles. The minimum atomic E-state index is -1.03. The topological polar surface area (TPSA) is 86.7 Å². The van der Waals surface area contributed by atoms with E-state index in [0.717, 1.165) is 16.7 Å². The highest BCUT2D eigenvalue weighted by atomic mass is 32.1. The molecular weight excluding hydrogens is 400 g/mol. The van der Waals surface area contributed by atoms with Gasteiger partial charge in [-0.05, 0) is 37.3 Å². The summed E-state index contributed by atoms with van der Waals surface area (Å²) in [5, 5.41) is 11.6. The first kappa shape index (κ1) is 21.9. The molecule has 2 unspecified atom stereocenters. The zero-order valence-corrected chi connectivity index (χ0v) is 17.7. The van der Waals surface area contributed by atoms with Crippen molar-refractivity contribution in [2.45, 2.75) is 43.5 Å². The van der Waals surface area contributed by atoms with Crippen LogP contribution in [-0.4, -0.2) is 45.6 Å². The Balaban J connectivity index is 1.65. The van der Waals surface area contributed by atoms with Gasteiger partial charge in [-0.2, -0.15) is 12.6 Å². The molecule has 0 bridgehead atoms. The van der Waals surface area contributed by atoms with E-state index in [4.69, 9.17) is 0 Å². The third-order valence-corrected chi connectivity index (χ3v) is 5.83. The summed E-state index contributed by atoms with van der Waals surface area (Å²) >= 11 is 4.35. The van der Waals surface area contributed by atoms with Crippen molar-refractivity contribution in [2.24, 2.45) is 0 Å². The van der Waals surface area contributed by atoms with Gasteiger partial charge in [-0.1, -0.05) is 60.2 Å². The monoisotopic (exact) mass is 426 g/mol. The second-order valence-corrected chi connectivity index (χ2v) is 8.21. The Morgan fingerprint density at radius 2 is 1.77 bits per heavy atom. The van der Waals surface area contributed by atoms with Crippen molar-refractivity contribution >= 4 is 30.4 Å². The van der Waals surface area contributed by atoms with Crippen LogP contribution in [0.1, 0.15) is 35.6 Å². The molecule has 30 heavy (non-hydrogen) atoms. The predicted octanol–water partition coefficient (Wildman–Crippen LogP) is 2.77. The van der Waals surface area contributed by atoms with Crippen molar-refractivity contribution < 1.29 is 19.5 Å². The largest absolute Gasteiger partial charge is 0.480 e. The van der Waals surface area contributed by atoms with Gasteiger partial charge in [0.2, 0.25) is 11.8 Å². The van der Waals surface area contributed by atoms with Crippen LogP contribution >= 0.6 is 12.6 Å². The number of nitrogens with one attached hydrogen (secondary N) is 1. The molecule has 1 aliphatic rings. The number of hydrogen-bond acceptors (Lipinski definition) is 4. The minimum absolute atomic E-state index is 0.253. The second kappa shape index (κ2) is 9.80. The number of carboxylic acids is 1. The Labute approximate surface area is 181 Å². The highest BCUT2D eigenvalue weighted by Gasteiger charge is 2.41. The molecule has 2 amide bonds. The van der Waals surface area contributed by atoms with E-state index in [0.29, 0.717) is 19.3 Å². The lowest BCUT2D eigenvalue weighted by Gasteiger charge is -2.29. The Morgan fingerprint density at radius 1 is 1.10 bits per heavy atom. The van der Waals surface area contributed by atoms with Crippen LogP contribution in [0.15, 0.2) is 54.6 Å². The molecule has 1 fully saturated rings. The number of nitrogens with zero attached hydrogens (tertiary/aromatic N) is 1. The maximum absolute atomic E-state index is 12.9. The van der Waals surface area contributed by atoms with Gasteiger partial charge in [-0.25, -0.2) is 4.79 Å². The summed E-state index contributed by atoms with van der Waals surface area (Å²) in [5.74, 6) is -1.78. The molecule has 0 saturated carbocycles. The van der Waals surface area contributed by atoms with Crippen molar-refractivity contribution in [3.63, 3.8) is 0 Å². The Morgan fingerprint density at radius 3 is 2.40 bits per heavy atom. The van der Waals surface area contributed by atoms with Gasteiger partial charge in [0.1, 0.15) is 6.04 Å². The second-order valence-electron chi connectivity index (χ2n) is 7.58. The first-order valence-corrected chi connectivity index (χ1v) is 10.5. The molecule has 2 aromatic carbocycles. The number of carbonyl (C=O) groups is 3. The first-order valence-electron chi connectivity index (χ1n) is 9.97. The standard InChI is InChI=1S/C23H26N2O4S/c1-15-7-9-17(10-8-15)18-11-12-19(23(28)29)25(18)21(26)14-24-22(27)20(30)13-16-5-3-2-4-6-16/h2-10,18-20,30H,11-14H2,1H3,(H,24,27)(H,28,29)/t18?,19?,20-/m0/s1. The Hall–Kier alpha value is -2.80. The third kappa shape index (κ3) is 5.21. The van der Waals surface area contributed by atoms with Gasteiger partial charge in [-0.3, -0.25) is 9.59 Å². The molecule has 3 atom stereocenters. The van der Waals surface area contributed by atoms with Crippen molar-refractivity contribution in [1.29, 1.82) is 0 Å². The molecular formula is C23H26N2O4S. The van der Waals surface area contributed by atoms with Crippen molar-refractivity contribution in [3.05, 3.63) is 71.3 Å². The average Bonchev–Trinajstić information content (AvgIpc) is 3.18. The van der Waals surface area contributed by atoms with Crippen LogP contribution in [0, 0.1) is 6.92 Å². The van der Waals surface area contributed by atoms with Gasteiger partial charge in [0.05, 0.1) is 17.8 Å². The number of aliphatic carboxylic acids is 1. The summed E-state index contributed by atoms with van der Waals surface area (Å²) < 4.78 is 0. The number of rotatable bonds is 7. The molecule has 0 radical (unpaired) electrons. The van der Waals surface area contributed by atoms with Gasteiger partial charge in [0, 0.05) is 0 Å². The first-order chi connectivity index (χ1) is 14.4. The molecule has 7 heteroatoms. The fourth-order valence-corrected chi connectivity index (χ4v) is 4.12. The van der Waals surface area contributed by atoms with Gasteiger partial charge in [0.15, 0.2) is 0 Å². The lowest BCUT2D eigenvalue weighted by Crippen LogP contribution is -2.47. The van der Waals surface area contributed by atoms with Crippen molar-refractivity contribution in [3.8, 4) is 0 Å². The van der Waals surface area contributed by atoms with E-state index in [2.05, 4.69) is 17.9 Å². The van der Waals surface area contributed by atoms with Crippen LogP contribution < -0.4 is 5.32 Å². The highest BCUT2D eigenvalue weighted by molar-refractivity contribution is 7.81. The van der Waals surface area contributed by atoms with E-state index in [1.807, 2.05) is 61.5 Å². The summed E-state index contributed by atoms with van der Waals surface area (Å²) in [4.78, 5) is 38.4. The number of amides is 2. The zero-order chi connectivity index (χ0) is 21.7. The average molecular weight is 427 g/mol. The number of likely N-dealkylation sites (tertiary alicyclic amines) is 1. The van der Waals surface area contributed by atoms with E-state index in [1.165, 1.54) is 4.90 Å². The maximum Gasteiger partial charge on any atom is 0.326 e. The molecule has 2 aromatic rings. The van der Waals surface area contributed by atoms with Crippen LogP contribution in [0.3, 0.4) is 0 Å². The van der Waals surface area contributed by atoms with Crippen LogP contribution in [0.4, 0.5) is 0 Å². The number of carbonyl (C=O) groups excluding carboxylic acids is 2. The lowest BCUT2D eigenvalue weighted by molar-refractivity contribution is -0.149. The van der Waals surface area contributed by atoms with E-state index >= 15 is 0 Å². The fraction of sp³-hybridized carbons (Fsp3) is 0.348. The quantitative estimate of drug-likeness (QED) is 0.594. The Kier molecular flexibility index (Phi) is 7.15. The Bertz CT molecular complexity index is 901. The summed E-state index contributed by atoms with van der Waals surface area (Å²) in [6.45, 7) is 1.72. The molecule has 0 aromatic heterocycles. The van der Waals surface area contributed by atoms with E-state index in [-0.39, 0.29) is 18.5 Å². The number of aryl methyl sites for hydroxylation is 1. The minimum Gasteiger partial charge on any atom is -0.480 e. The molecule has 1 saturated heterocycles. The summed E-state index contributed by atoms with van der Waals surface area (Å²) in [5.41, 5.74) is 2.97. The van der Waals surface area contributed by atoms with Crippen LogP contribution in [0.2, 0.25) is 0 Å². The van der Waals surface area contributed by atoms with Crippen molar-refractivity contribution in [2.75, 3.05) is 6.54 Å². The number of carboxylic acid groups (broad SMARTS) is 1. The normalized spacial score (nSPS) is 19.3.